The highest BCUT2D eigenvalue weighted by Gasteiger charge is 2.31. The minimum absolute atomic E-state index is 0.174. The van der Waals surface area contributed by atoms with Crippen molar-refractivity contribution in [1.82, 2.24) is 10.2 Å². The van der Waals surface area contributed by atoms with E-state index in [-0.39, 0.29) is 18.0 Å². The highest BCUT2D eigenvalue weighted by molar-refractivity contribution is 7.92. The number of benzene rings is 2. The minimum atomic E-state index is -3.82. The Hall–Kier alpha value is -2.94. The Balaban J connectivity index is 2.43. The average molecular weight is 492 g/mol. The van der Waals surface area contributed by atoms with Crippen molar-refractivity contribution >= 4 is 27.5 Å². The van der Waals surface area contributed by atoms with E-state index in [0.717, 1.165) is 21.7 Å². The van der Waals surface area contributed by atoms with Gasteiger partial charge in [-0.15, -0.1) is 0 Å². The fourth-order valence-corrected chi connectivity index (χ4v) is 4.35. The Bertz CT molecular complexity index is 1130. The lowest BCUT2D eigenvalue weighted by Crippen LogP contribution is -2.51. The summed E-state index contributed by atoms with van der Waals surface area (Å²) in [5, 5.41) is 2.79. The first kappa shape index (κ1) is 27.3. The van der Waals surface area contributed by atoms with Crippen molar-refractivity contribution in [2.45, 2.75) is 47.2 Å². The number of carbonyl (C=O) groups is 2. The summed E-state index contributed by atoms with van der Waals surface area (Å²) in [5.74, 6) is -1.31. The lowest BCUT2D eigenvalue weighted by atomic mass is 10.1. The molecule has 0 saturated carbocycles. The average Bonchev–Trinajstić information content (AvgIpc) is 2.76. The highest BCUT2D eigenvalue weighted by Crippen LogP contribution is 2.25. The van der Waals surface area contributed by atoms with E-state index in [9.17, 15) is 22.4 Å². The maximum atomic E-state index is 14.4. The summed E-state index contributed by atoms with van der Waals surface area (Å²) in [6.45, 7) is 8.81. The summed E-state index contributed by atoms with van der Waals surface area (Å²) in [5.41, 5.74) is 2.22. The molecule has 0 radical (unpaired) electrons. The number of hydrogen-bond acceptors (Lipinski definition) is 4. The third-order valence-electron chi connectivity index (χ3n) is 5.67. The summed E-state index contributed by atoms with van der Waals surface area (Å²) in [6, 6.07) is 10.3. The van der Waals surface area contributed by atoms with Gasteiger partial charge in [0.05, 0.1) is 11.9 Å². The van der Waals surface area contributed by atoms with Crippen LogP contribution in [0.4, 0.5) is 10.1 Å². The molecule has 0 saturated heterocycles. The monoisotopic (exact) mass is 491 g/mol. The number of amides is 2. The standard InChI is InChI=1S/C25H34FN3O4S/c1-17(2)14-27-25(31)20(5)28(15-21-11-7-8-12-22(21)26)24(30)16-29(34(6,32)33)23-13-9-10-18(3)19(23)4/h7-13,17,20H,14-16H2,1-6H3,(H,27,31). The maximum Gasteiger partial charge on any atom is 0.244 e. The maximum absolute atomic E-state index is 14.4. The van der Waals surface area contributed by atoms with Gasteiger partial charge in [0.2, 0.25) is 21.8 Å². The van der Waals surface area contributed by atoms with Gasteiger partial charge in [0.15, 0.2) is 0 Å². The van der Waals surface area contributed by atoms with Gasteiger partial charge < -0.3 is 10.2 Å². The zero-order chi connectivity index (χ0) is 25.6. The molecule has 186 valence electrons. The molecule has 0 aromatic heterocycles. The van der Waals surface area contributed by atoms with Crippen molar-refractivity contribution in [1.29, 1.82) is 0 Å². The van der Waals surface area contributed by atoms with Crippen molar-refractivity contribution in [3.05, 3.63) is 65.0 Å². The first-order chi connectivity index (χ1) is 15.8. The van der Waals surface area contributed by atoms with Crippen LogP contribution >= 0.6 is 0 Å². The van der Waals surface area contributed by atoms with Crippen LogP contribution in [0.15, 0.2) is 42.5 Å². The van der Waals surface area contributed by atoms with Crippen molar-refractivity contribution in [3.63, 3.8) is 0 Å². The Kier molecular flexibility index (Phi) is 9.21. The van der Waals surface area contributed by atoms with Gasteiger partial charge in [-0.25, -0.2) is 12.8 Å². The van der Waals surface area contributed by atoms with Gasteiger partial charge in [-0.2, -0.15) is 0 Å². The van der Waals surface area contributed by atoms with E-state index < -0.39 is 40.2 Å². The number of anilines is 1. The molecule has 2 rings (SSSR count). The normalized spacial score (nSPS) is 12.4. The molecule has 2 aromatic rings. The molecular formula is C25H34FN3O4S. The summed E-state index contributed by atoms with van der Waals surface area (Å²) in [6.07, 6.45) is 1.03. The molecule has 34 heavy (non-hydrogen) atoms. The van der Waals surface area contributed by atoms with E-state index in [1.807, 2.05) is 26.8 Å². The molecule has 0 fully saturated rings. The first-order valence-electron chi connectivity index (χ1n) is 11.2. The summed E-state index contributed by atoms with van der Waals surface area (Å²) in [4.78, 5) is 27.5. The highest BCUT2D eigenvalue weighted by atomic mass is 32.2. The number of nitrogens with zero attached hydrogens (tertiary/aromatic N) is 2. The van der Waals surface area contributed by atoms with E-state index in [4.69, 9.17) is 0 Å². The number of nitrogens with one attached hydrogen (secondary N) is 1. The fraction of sp³-hybridized carbons (Fsp3) is 0.440. The van der Waals surface area contributed by atoms with Gasteiger partial charge in [-0.3, -0.25) is 13.9 Å². The predicted molar refractivity (Wildman–Crippen MR) is 132 cm³/mol. The molecule has 0 heterocycles. The van der Waals surface area contributed by atoms with Crippen LogP contribution < -0.4 is 9.62 Å². The van der Waals surface area contributed by atoms with Gasteiger partial charge >= 0.3 is 0 Å². The molecule has 2 amide bonds. The Morgan fingerprint density at radius 2 is 1.68 bits per heavy atom. The topological polar surface area (TPSA) is 86.8 Å². The lowest BCUT2D eigenvalue weighted by Gasteiger charge is -2.32. The Labute approximate surface area is 202 Å². The molecule has 1 unspecified atom stereocenters. The van der Waals surface area contributed by atoms with Crippen LogP contribution in [-0.4, -0.2) is 50.5 Å². The number of halogens is 1. The summed E-state index contributed by atoms with van der Waals surface area (Å²) < 4.78 is 40.8. The van der Waals surface area contributed by atoms with Gasteiger partial charge in [0.1, 0.15) is 18.4 Å². The van der Waals surface area contributed by atoms with E-state index in [1.54, 1.807) is 32.0 Å². The molecule has 9 heteroatoms. The number of sulfonamides is 1. The van der Waals surface area contributed by atoms with Gasteiger partial charge in [0, 0.05) is 18.7 Å². The van der Waals surface area contributed by atoms with Crippen molar-refractivity contribution in [3.8, 4) is 0 Å². The second-order valence-corrected chi connectivity index (χ2v) is 10.8. The molecule has 0 aliphatic heterocycles. The molecule has 0 bridgehead atoms. The molecule has 1 atom stereocenters. The summed E-state index contributed by atoms with van der Waals surface area (Å²) in [7, 11) is -3.82. The van der Waals surface area contributed by atoms with Crippen molar-refractivity contribution < 1.29 is 22.4 Å². The number of carbonyl (C=O) groups excluding carboxylic acids is 2. The fourth-order valence-electron chi connectivity index (χ4n) is 3.45. The quantitative estimate of drug-likeness (QED) is 0.552. The Morgan fingerprint density at radius 1 is 1.03 bits per heavy atom. The summed E-state index contributed by atoms with van der Waals surface area (Å²) >= 11 is 0. The lowest BCUT2D eigenvalue weighted by molar-refractivity contribution is -0.139. The van der Waals surface area contributed by atoms with E-state index in [0.29, 0.717) is 12.2 Å². The van der Waals surface area contributed by atoms with Crippen LogP contribution in [0, 0.1) is 25.6 Å². The van der Waals surface area contributed by atoms with E-state index >= 15 is 0 Å². The van der Waals surface area contributed by atoms with Gasteiger partial charge in [-0.05, 0) is 49.9 Å². The number of rotatable bonds is 10. The zero-order valence-corrected chi connectivity index (χ0v) is 21.4. The molecule has 0 spiro atoms. The Morgan fingerprint density at radius 3 is 2.26 bits per heavy atom. The molecule has 1 N–H and O–H groups in total. The van der Waals surface area contributed by atoms with Crippen LogP contribution in [0.1, 0.15) is 37.5 Å². The second-order valence-electron chi connectivity index (χ2n) is 8.92. The molecule has 2 aromatic carbocycles. The molecule has 0 aliphatic carbocycles. The van der Waals surface area contributed by atoms with Crippen LogP contribution in [0.3, 0.4) is 0 Å². The molecule has 7 nitrogen and oxygen atoms in total. The van der Waals surface area contributed by atoms with E-state index in [1.165, 1.54) is 23.1 Å². The van der Waals surface area contributed by atoms with Gasteiger partial charge in [0.25, 0.3) is 0 Å². The molecule has 0 aliphatic rings. The SMILES string of the molecule is Cc1cccc(N(CC(=O)N(Cc2ccccc2F)C(C)C(=O)NCC(C)C)S(C)(=O)=O)c1C. The number of hydrogen-bond donors (Lipinski definition) is 1. The third kappa shape index (κ3) is 7.03. The largest absolute Gasteiger partial charge is 0.354 e. The first-order valence-corrected chi connectivity index (χ1v) is 13.0. The number of aryl methyl sites for hydroxylation is 1. The van der Waals surface area contributed by atoms with Gasteiger partial charge in [-0.1, -0.05) is 44.2 Å². The van der Waals surface area contributed by atoms with E-state index in [2.05, 4.69) is 5.32 Å². The van der Waals surface area contributed by atoms with Crippen LogP contribution in [-0.2, 0) is 26.2 Å². The van der Waals surface area contributed by atoms with Crippen molar-refractivity contribution in [2.24, 2.45) is 5.92 Å². The minimum Gasteiger partial charge on any atom is -0.354 e. The predicted octanol–water partition coefficient (Wildman–Crippen LogP) is 3.40. The van der Waals surface area contributed by atoms with Crippen LogP contribution in [0.25, 0.3) is 0 Å². The van der Waals surface area contributed by atoms with Crippen LogP contribution in [0.2, 0.25) is 0 Å². The second kappa shape index (κ2) is 11.5. The smallest absolute Gasteiger partial charge is 0.244 e. The zero-order valence-electron chi connectivity index (χ0n) is 20.6. The van der Waals surface area contributed by atoms with Crippen LogP contribution in [0.5, 0.6) is 0 Å². The molecular weight excluding hydrogens is 457 g/mol. The third-order valence-corrected chi connectivity index (χ3v) is 6.80. The van der Waals surface area contributed by atoms with Crippen molar-refractivity contribution in [2.75, 3.05) is 23.7 Å².